The smallest absolute Gasteiger partial charge is 0.411 e. The van der Waals surface area contributed by atoms with Gasteiger partial charge < -0.3 is 18.9 Å². The molecule has 1 saturated heterocycles. The third kappa shape index (κ3) is 6.79. The Morgan fingerprint density at radius 2 is 2.00 bits per heavy atom. The number of ketones is 1. The number of hydrogen-bond acceptors (Lipinski definition) is 7. The van der Waals surface area contributed by atoms with Crippen LogP contribution in [0.15, 0.2) is 35.5 Å². The van der Waals surface area contributed by atoms with E-state index in [1.54, 1.807) is 33.8 Å². The molecule has 3 rings (SSSR count). The van der Waals surface area contributed by atoms with Crippen LogP contribution in [0.25, 0.3) is 0 Å². The van der Waals surface area contributed by atoms with Gasteiger partial charge in [0.15, 0.2) is 12.1 Å². The molecule has 1 aliphatic carbocycles. The number of nitrogens with zero attached hydrogens (tertiary/aromatic N) is 1. The Bertz CT molecular complexity index is 882. The van der Waals surface area contributed by atoms with Crippen molar-refractivity contribution >= 4 is 17.8 Å². The van der Waals surface area contributed by atoms with Gasteiger partial charge in [-0.15, -0.1) is 6.58 Å². The second-order valence-electron chi connectivity index (χ2n) is 10.3. The molecule has 1 amide bonds. The van der Waals surface area contributed by atoms with Gasteiger partial charge in [-0.05, 0) is 77.2 Å². The molecule has 188 valence electrons. The monoisotopic (exact) mass is 475 g/mol. The van der Waals surface area contributed by atoms with Crippen LogP contribution in [0.3, 0.4) is 0 Å². The zero-order valence-corrected chi connectivity index (χ0v) is 20.9. The fourth-order valence-corrected chi connectivity index (χ4v) is 4.29. The lowest BCUT2D eigenvalue weighted by Gasteiger charge is -2.37. The van der Waals surface area contributed by atoms with E-state index < -0.39 is 30.0 Å². The van der Waals surface area contributed by atoms with E-state index in [0.717, 1.165) is 11.1 Å². The van der Waals surface area contributed by atoms with Crippen LogP contribution in [0.5, 0.6) is 0 Å². The standard InChI is InChI=1S/C26H37NO7/c1-16(2)9-11-31-23-13-18(19-14-21(28)17(3)12-22(19)33-23)15-32-24(29)20-8-7-10-27(20)25(30)34-26(4,5)6/h12-13,19-20,22-23H,1,7-11,14-15H2,2-6H3. The van der Waals surface area contributed by atoms with Crippen LogP contribution in [-0.2, 0) is 28.5 Å². The number of fused-ring (bicyclic) bond motifs is 1. The van der Waals surface area contributed by atoms with E-state index in [4.69, 9.17) is 18.9 Å². The summed E-state index contributed by atoms with van der Waals surface area (Å²) < 4.78 is 23.0. The van der Waals surface area contributed by atoms with Crippen LogP contribution < -0.4 is 0 Å². The van der Waals surface area contributed by atoms with E-state index in [1.165, 1.54) is 4.90 Å². The van der Waals surface area contributed by atoms with E-state index >= 15 is 0 Å². The highest BCUT2D eigenvalue weighted by atomic mass is 16.7. The predicted molar refractivity (Wildman–Crippen MR) is 126 cm³/mol. The van der Waals surface area contributed by atoms with Crippen LogP contribution in [0.2, 0.25) is 0 Å². The van der Waals surface area contributed by atoms with E-state index in [1.807, 2.05) is 13.0 Å². The Morgan fingerprint density at radius 3 is 2.68 bits per heavy atom. The molecule has 0 saturated carbocycles. The zero-order valence-electron chi connectivity index (χ0n) is 20.9. The lowest BCUT2D eigenvalue weighted by atomic mass is 9.80. The third-order valence-electron chi connectivity index (χ3n) is 6.12. The first-order valence-corrected chi connectivity index (χ1v) is 11.9. The summed E-state index contributed by atoms with van der Waals surface area (Å²) in [6.07, 6.45) is 4.42. The molecular formula is C26H37NO7. The van der Waals surface area contributed by atoms with Crippen LogP contribution in [0.4, 0.5) is 4.79 Å². The molecule has 0 radical (unpaired) electrons. The van der Waals surface area contributed by atoms with Gasteiger partial charge in [-0.2, -0.15) is 0 Å². The van der Waals surface area contributed by atoms with Gasteiger partial charge in [0.2, 0.25) is 0 Å². The van der Waals surface area contributed by atoms with Gasteiger partial charge in [0.25, 0.3) is 0 Å². The summed E-state index contributed by atoms with van der Waals surface area (Å²) in [6.45, 7) is 13.9. The van der Waals surface area contributed by atoms with E-state index in [9.17, 15) is 14.4 Å². The second kappa shape index (κ2) is 10.9. The summed E-state index contributed by atoms with van der Waals surface area (Å²) in [6, 6.07) is -0.677. The van der Waals surface area contributed by atoms with Crippen molar-refractivity contribution in [1.29, 1.82) is 0 Å². The fourth-order valence-electron chi connectivity index (χ4n) is 4.29. The van der Waals surface area contributed by atoms with Crippen molar-refractivity contribution in [2.75, 3.05) is 19.8 Å². The molecule has 34 heavy (non-hydrogen) atoms. The van der Waals surface area contributed by atoms with Gasteiger partial charge in [-0.1, -0.05) is 5.57 Å². The van der Waals surface area contributed by atoms with Crippen molar-refractivity contribution in [3.8, 4) is 0 Å². The maximum absolute atomic E-state index is 12.9. The molecule has 0 aromatic carbocycles. The summed E-state index contributed by atoms with van der Waals surface area (Å²) in [5.41, 5.74) is 1.83. The topological polar surface area (TPSA) is 91.4 Å². The summed E-state index contributed by atoms with van der Waals surface area (Å²) in [4.78, 5) is 39.2. The summed E-state index contributed by atoms with van der Waals surface area (Å²) >= 11 is 0. The molecule has 0 N–H and O–H groups in total. The molecule has 0 aromatic heterocycles. The highest BCUT2D eigenvalue weighted by Crippen LogP contribution is 2.35. The Morgan fingerprint density at radius 1 is 1.26 bits per heavy atom. The van der Waals surface area contributed by atoms with Crippen LogP contribution >= 0.6 is 0 Å². The Balaban J connectivity index is 1.67. The van der Waals surface area contributed by atoms with Gasteiger partial charge in [0.05, 0.1) is 12.7 Å². The minimum atomic E-state index is -0.677. The summed E-state index contributed by atoms with van der Waals surface area (Å²) in [7, 11) is 0. The number of rotatable bonds is 7. The molecule has 8 nitrogen and oxygen atoms in total. The highest BCUT2D eigenvalue weighted by Gasteiger charge is 2.40. The van der Waals surface area contributed by atoms with Gasteiger partial charge in [-0.25, -0.2) is 9.59 Å². The number of esters is 1. The number of Topliss-reactive ketones (excluding diaryl/α,β-unsaturated/α-hetero) is 1. The molecule has 0 bridgehead atoms. The predicted octanol–water partition coefficient (Wildman–Crippen LogP) is 4.10. The Labute approximate surface area is 201 Å². The van der Waals surface area contributed by atoms with E-state index in [0.29, 0.717) is 44.4 Å². The third-order valence-corrected chi connectivity index (χ3v) is 6.12. The highest BCUT2D eigenvalue weighted by molar-refractivity contribution is 5.96. The molecular weight excluding hydrogens is 438 g/mol. The van der Waals surface area contributed by atoms with Gasteiger partial charge >= 0.3 is 12.1 Å². The van der Waals surface area contributed by atoms with E-state index in [2.05, 4.69) is 6.58 Å². The van der Waals surface area contributed by atoms with Crippen LogP contribution in [0, 0.1) is 5.92 Å². The van der Waals surface area contributed by atoms with Crippen LogP contribution in [-0.4, -0.2) is 66.5 Å². The fraction of sp³-hybridized carbons (Fsp3) is 0.654. The van der Waals surface area contributed by atoms with Crippen molar-refractivity contribution in [3.05, 3.63) is 35.5 Å². The molecule has 2 heterocycles. The van der Waals surface area contributed by atoms with E-state index in [-0.39, 0.29) is 24.4 Å². The second-order valence-corrected chi connectivity index (χ2v) is 10.3. The average Bonchev–Trinajstić information content (AvgIpc) is 3.22. The van der Waals surface area contributed by atoms with Gasteiger partial charge in [-0.3, -0.25) is 9.69 Å². The van der Waals surface area contributed by atoms with Crippen molar-refractivity contribution in [3.63, 3.8) is 0 Å². The van der Waals surface area contributed by atoms with Crippen LogP contribution in [0.1, 0.15) is 60.3 Å². The average molecular weight is 476 g/mol. The molecule has 4 atom stereocenters. The molecule has 0 aromatic rings. The zero-order chi connectivity index (χ0) is 25.0. The largest absolute Gasteiger partial charge is 0.460 e. The van der Waals surface area contributed by atoms with Gasteiger partial charge in [0, 0.05) is 18.9 Å². The minimum absolute atomic E-state index is 0.0164. The minimum Gasteiger partial charge on any atom is -0.460 e. The summed E-state index contributed by atoms with van der Waals surface area (Å²) in [5.74, 6) is -0.632. The molecule has 8 heteroatoms. The Kier molecular flexibility index (Phi) is 8.36. The number of carbonyl (C=O) groups excluding carboxylic acids is 3. The molecule has 1 fully saturated rings. The number of ether oxygens (including phenoxy) is 4. The normalized spacial score (nSPS) is 27.0. The van der Waals surface area contributed by atoms with Crippen molar-refractivity contribution in [1.82, 2.24) is 4.90 Å². The molecule has 3 aliphatic rings. The SMILES string of the molecule is C=C(C)CCOC1C=C(COC(=O)C2CCCN2C(=O)OC(C)(C)C)C2CC(=O)C(C)=CC2O1. The first-order chi connectivity index (χ1) is 15.9. The number of hydrogen-bond donors (Lipinski definition) is 0. The number of allylic oxidation sites excluding steroid dienone is 1. The lowest BCUT2D eigenvalue weighted by molar-refractivity contribution is -0.157. The molecule has 4 unspecified atom stereocenters. The quantitative estimate of drug-likeness (QED) is 0.404. The number of carbonyl (C=O) groups is 3. The van der Waals surface area contributed by atoms with Gasteiger partial charge in [0.1, 0.15) is 18.2 Å². The maximum atomic E-state index is 12.9. The maximum Gasteiger partial charge on any atom is 0.411 e. The van der Waals surface area contributed by atoms with Crippen molar-refractivity contribution in [2.45, 2.75) is 84.3 Å². The summed E-state index contributed by atoms with van der Waals surface area (Å²) in [5, 5.41) is 0. The number of likely N-dealkylation sites (tertiary alicyclic amines) is 1. The molecule has 0 spiro atoms. The first-order valence-electron chi connectivity index (χ1n) is 11.9. The Hall–Kier alpha value is -2.45. The number of amides is 1. The molecule has 2 aliphatic heterocycles. The van der Waals surface area contributed by atoms with Crippen molar-refractivity contribution in [2.24, 2.45) is 5.92 Å². The first kappa shape index (κ1) is 26.2. The van der Waals surface area contributed by atoms with Crippen molar-refractivity contribution < 1.29 is 33.3 Å². The lowest BCUT2D eigenvalue weighted by Crippen LogP contribution is -2.44.